The van der Waals surface area contributed by atoms with Crippen LogP contribution >= 0.6 is 0 Å². The number of hydrogen-bond acceptors (Lipinski definition) is 4. The van der Waals surface area contributed by atoms with Gasteiger partial charge in [0.05, 0.1) is 12.8 Å². The summed E-state index contributed by atoms with van der Waals surface area (Å²) < 4.78 is 5.20. The zero-order valence-corrected chi connectivity index (χ0v) is 14.4. The van der Waals surface area contributed by atoms with E-state index in [1.165, 1.54) is 7.11 Å². The van der Waals surface area contributed by atoms with E-state index in [1.54, 1.807) is 48.5 Å². The number of rotatable bonds is 3. The van der Waals surface area contributed by atoms with Gasteiger partial charge in [0.2, 0.25) is 0 Å². The van der Waals surface area contributed by atoms with Crippen molar-refractivity contribution in [2.45, 2.75) is 6.92 Å². The van der Waals surface area contributed by atoms with Crippen LogP contribution in [0.15, 0.2) is 54.6 Å². The Labute approximate surface area is 150 Å². The maximum atomic E-state index is 12.3. The molecular weight excluding hydrogens is 332 g/mol. The number of fused-ring (bicyclic) bond motifs is 1. The van der Waals surface area contributed by atoms with Crippen LogP contribution in [0, 0.1) is 6.92 Å². The minimum atomic E-state index is -0.815. The molecule has 0 radical (unpaired) electrons. The summed E-state index contributed by atoms with van der Waals surface area (Å²) in [6, 6.07) is 15.4. The third kappa shape index (κ3) is 3.44. The number of hydrogen-bond donors (Lipinski definition) is 3. The molecule has 3 N–H and O–H groups in total. The molecule has 0 spiro atoms. The standard InChI is InChI=1S/C20H18N2O4/c1-12-9-10-18(26-2)16(11-12)22-20(25)19(24)21-15-7-3-6-14-13(15)5-4-8-17(14)23/h3-11,23H,1-2H3,(H,21,24)(H,22,25). The molecule has 3 aromatic carbocycles. The average Bonchev–Trinajstić information content (AvgIpc) is 2.63. The van der Waals surface area contributed by atoms with Gasteiger partial charge in [-0.2, -0.15) is 0 Å². The molecule has 2 amide bonds. The topological polar surface area (TPSA) is 87.7 Å². The molecular formula is C20H18N2O4. The van der Waals surface area contributed by atoms with Crippen LogP contribution < -0.4 is 15.4 Å². The second-order valence-electron chi connectivity index (χ2n) is 5.79. The predicted octanol–water partition coefficient (Wildman–Crippen LogP) is 3.44. The summed E-state index contributed by atoms with van der Waals surface area (Å²) in [6.07, 6.45) is 0. The molecule has 0 fully saturated rings. The number of benzene rings is 3. The Kier molecular flexibility index (Phi) is 4.75. The van der Waals surface area contributed by atoms with Gasteiger partial charge in [-0.25, -0.2) is 0 Å². The lowest BCUT2D eigenvalue weighted by Crippen LogP contribution is -2.29. The van der Waals surface area contributed by atoms with E-state index in [1.807, 2.05) is 13.0 Å². The summed E-state index contributed by atoms with van der Waals surface area (Å²) in [4.78, 5) is 24.6. The van der Waals surface area contributed by atoms with Crippen molar-refractivity contribution >= 4 is 34.0 Å². The normalized spacial score (nSPS) is 10.4. The van der Waals surface area contributed by atoms with Gasteiger partial charge in [-0.15, -0.1) is 0 Å². The summed E-state index contributed by atoms with van der Waals surface area (Å²) >= 11 is 0. The Morgan fingerprint density at radius 3 is 2.27 bits per heavy atom. The first-order valence-electron chi connectivity index (χ1n) is 7.97. The lowest BCUT2D eigenvalue weighted by Gasteiger charge is -2.12. The minimum Gasteiger partial charge on any atom is -0.507 e. The van der Waals surface area contributed by atoms with Gasteiger partial charge in [0.25, 0.3) is 0 Å². The first-order valence-corrected chi connectivity index (χ1v) is 7.97. The first kappa shape index (κ1) is 17.3. The van der Waals surface area contributed by atoms with E-state index in [2.05, 4.69) is 10.6 Å². The summed E-state index contributed by atoms with van der Waals surface area (Å²) in [5, 5.41) is 16.3. The van der Waals surface area contributed by atoms with E-state index < -0.39 is 11.8 Å². The van der Waals surface area contributed by atoms with Crippen LogP contribution in [-0.4, -0.2) is 24.0 Å². The lowest BCUT2D eigenvalue weighted by molar-refractivity contribution is -0.132. The number of phenols is 1. The number of amides is 2. The first-order chi connectivity index (χ1) is 12.5. The summed E-state index contributed by atoms with van der Waals surface area (Å²) in [7, 11) is 1.49. The number of anilines is 2. The Morgan fingerprint density at radius 1 is 0.885 bits per heavy atom. The monoisotopic (exact) mass is 350 g/mol. The number of nitrogens with one attached hydrogen (secondary N) is 2. The molecule has 6 heteroatoms. The number of carbonyl (C=O) groups is 2. The van der Waals surface area contributed by atoms with Gasteiger partial charge in [-0.1, -0.05) is 30.3 Å². The van der Waals surface area contributed by atoms with Crippen LogP contribution in [0.1, 0.15) is 5.56 Å². The van der Waals surface area contributed by atoms with Crippen LogP contribution in [0.4, 0.5) is 11.4 Å². The molecule has 0 aliphatic heterocycles. The number of aryl methyl sites for hydroxylation is 1. The fourth-order valence-electron chi connectivity index (χ4n) is 2.68. The molecule has 0 aliphatic rings. The van der Waals surface area contributed by atoms with Crippen LogP contribution in [0.3, 0.4) is 0 Å². The van der Waals surface area contributed by atoms with E-state index in [0.717, 1.165) is 5.56 Å². The van der Waals surface area contributed by atoms with Crippen molar-refractivity contribution in [2.24, 2.45) is 0 Å². The molecule has 3 aromatic rings. The molecule has 6 nitrogen and oxygen atoms in total. The zero-order chi connectivity index (χ0) is 18.7. The smallest absolute Gasteiger partial charge is 0.314 e. The zero-order valence-electron chi connectivity index (χ0n) is 14.4. The van der Waals surface area contributed by atoms with Gasteiger partial charge in [-0.05, 0) is 36.8 Å². The van der Waals surface area contributed by atoms with Gasteiger partial charge in [-0.3, -0.25) is 9.59 Å². The second-order valence-corrected chi connectivity index (χ2v) is 5.79. The predicted molar refractivity (Wildman–Crippen MR) is 101 cm³/mol. The molecule has 0 saturated carbocycles. The molecule has 132 valence electrons. The van der Waals surface area contributed by atoms with Crippen molar-refractivity contribution in [3.63, 3.8) is 0 Å². The number of ether oxygens (including phenoxy) is 1. The molecule has 0 bridgehead atoms. The molecule has 26 heavy (non-hydrogen) atoms. The van der Waals surface area contributed by atoms with Crippen molar-refractivity contribution in [1.29, 1.82) is 0 Å². The van der Waals surface area contributed by atoms with Crippen molar-refractivity contribution in [2.75, 3.05) is 17.7 Å². The third-order valence-electron chi connectivity index (χ3n) is 3.96. The van der Waals surface area contributed by atoms with Gasteiger partial charge in [0.1, 0.15) is 11.5 Å². The van der Waals surface area contributed by atoms with E-state index in [0.29, 0.717) is 27.9 Å². The molecule has 0 saturated heterocycles. The van der Waals surface area contributed by atoms with Crippen molar-refractivity contribution in [1.82, 2.24) is 0 Å². The minimum absolute atomic E-state index is 0.104. The van der Waals surface area contributed by atoms with Gasteiger partial charge in [0.15, 0.2) is 0 Å². The van der Waals surface area contributed by atoms with Gasteiger partial charge >= 0.3 is 11.8 Å². The summed E-state index contributed by atoms with van der Waals surface area (Å²) in [5.41, 5.74) is 1.78. The molecule has 0 aromatic heterocycles. The Hall–Kier alpha value is -3.54. The second kappa shape index (κ2) is 7.14. The SMILES string of the molecule is COc1ccc(C)cc1NC(=O)C(=O)Nc1cccc2c(O)cccc12. The number of aromatic hydroxyl groups is 1. The highest BCUT2D eigenvalue weighted by molar-refractivity contribution is 6.44. The lowest BCUT2D eigenvalue weighted by atomic mass is 10.1. The fraction of sp³-hybridized carbons (Fsp3) is 0.100. The Morgan fingerprint density at radius 2 is 1.54 bits per heavy atom. The summed E-state index contributed by atoms with van der Waals surface area (Å²) in [5.74, 6) is -1.06. The highest BCUT2D eigenvalue weighted by Gasteiger charge is 2.17. The molecule has 0 unspecified atom stereocenters. The van der Waals surface area contributed by atoms with Gasteiger partial charge < -0.3 is 20.5 Å². The van der Waals surface area contributed by atoms with Crippen LogP contribution in [0.2, 0.25) is 0 Å². The summed E-state index contributed by atoms with van der Waals surface area (Å²) in [6.45, 7) is 1.87. The molecule has 0 atom stereocenters. The van der Waals surface area contributed by atoms with Crippen molar-refractivity contribution < 1.29 is 19.4 Å². The maximum Gasteiger partial charge on any atom is 0.314 e. The van der Waals surface area contributed by atoms with Crippen molar-refractivity contribution in [3.8, 4) is 11.5 Å². The van der Waals surface area contributed by atoms with Gasteiger partial charge in [0, 0.05) is 16.5 Å². The third-order valence-corrected chi connectivity index (χ3v) is 3.96. The number of carbonyl (C=O) groups excluding carboxylic acids is 2. The fourth-order valence-corrected chi connectivity index (χ4v) is 2.68. The highest BCUT2D eigenvalue weighted by Crippen LogP contribution is 2.30. The quantitative estimate of drug-likeness (QED) is 0.632. The Bertz CT molecular complexity index is 998. The van der Waals surface area contributed by atoms with E-state index in [9.17, 15) is 14.7 Å². The van der Waals surface area contributed by atoms with E-state index >= 15 is 0 Å². The van der Waals surface area contributed by atoms with E-state index in [-0.39, 0.29) is 5.75 Å². The maximum absolute atomic E-state index is 12.3. The van der Waals surface area contributed by atoms with Crippen molar-refractivity contribution in [3.05, 3.63) is 60.2 Å². The highest BCUT2D eigenvalue weighted by atomic mass is 16.5. The Balaban J connectivity index is 1.82. The number of phenolic OH excluding ortho intramolecular Hbond substituents is 1. The van der Waals surface area contributed by atoms with Crippen LogP contribution in [0.5, 0.6) is 11.5 Å². The van der Waals surface area contributed by atoms with Crippen LogP contribution in [-0.2, 0) is 9.59 Å². The van der Waals surface area contributed by atoms with Crippen LogP contribution in [0.25, 0.3) is 10.8 Å². The number of methoxy groups -OCH3 is 1. The average molecular weight is 350 g/mol. The molecule has 3 rings (SSSR count). The molecule has 0 heterocycles. The van der Waals surface area contributed by atoms with E-state index in [4.69, 9.17) is 4.74 Å². The molecule has 0 aliphatic carbocycles. The largest absolute Gasteiger partial charge is 0.507 e.